The molecule has 0 aliphatic carbocycles. The van der Waals surface area contributed by atoms with Crippen LogP contribution in [0, 0.1) is 5.41 Å². The minimum atomic E-state index is 0.0319. The van der Waals surface area contributed by atoms with Gasteiger partial charge in [-0.1, -0.05) is 34.6 Å². The minimum Gasteiger partial charge on any atom is -0.352 e. The van der Waals surface area contributed by atoms with Crippen molar-refractivity contribution in [2.75, 3.05) is 44.2 Å². The zero-order valence-corrected chi connectivity index (χ0v) is 20.6. The summed E-state index contributed by atoms with van der Waals surface area (Å²) in [7, 11) is 0. The molecule has 1 fully saturated rings. The van der Waals surface area contributed by atoms with Crippen LogP contribution in [0.25, 0.3) is 10.2 Å². The van der Waals surface area contributed by atoms with E-state index in [4.69, 9.17) is 9.97 Å². The lowest BCUT2D eigenvalue weighted by Crippen LogP contribution is -2.49. The van der Waals surface area contributed by atoms with Gasteiger partial charge in [0.1, 0.15) is 16.5 Å². The molecule has 0 radical (unpaired) electrons. The summed E-state index contributed by atoms with van der Waals surface area (Å²) < 4.78 is 0. The van der Waals surface area contributed by atoms with Crippen molar-refractivity contribution in [3.63, 3.8) is 0 Å². The molecular weight excluding hydrogens is 406 g/mol. The van der Waals surface area contributed by atoms with Gasteiger partial charge in [-0.3, -0.25) is 9.69 Å². The van der Waals surface area contributed by atoms with E-state index in [-0.39, 0.29) is 11.3 Å². The number of thiophene rings is 1. The van der Waals surface area contributed by atoms with E-state index in [1.165, 1.54) is 15.8 Å². The highest BCUT2D eigenvalue weighted by molar-refractivity contribution is 7.19. The number of anilines is 1. The standard InChI is InChI=1S/C24H37N5OS/c1-6-8-19-25-22(29-13-11-28(12-14-29)20(30)15-24(3,4)5)21-17-9-10-27(7-2)16-18(17)31-23(21)26-19/h6-16H2,1-5H3. The number of hydrogen-bond acceptors (Lipinski definition) is 6. The van der Waals surface area contributed by atoms with Crippen molar-refractivity contribution in [3.05, 3.63) is 16.3 Å². The Balaban J connectivity index is 1.61. The van der Waals surface area contributed by atoms with Crippen LogP contribution in [0.15, 0.2) is 0 Å². The third-order valence-corrected chi connectivity index (χ3v) is 7.45. The van der Waals surface area contributed by atoms with E-state index < -0.39 is 0 Å². The first-order valence-electron chi connectivity index (χ1n) is 11.8. The SMILES string of the molecule is CCCc1nc(N2CCN(C(=O)CC(C)(C)C)CC2)c2c3c(sc2n1)CN(CC)CC3. The molecule has 2 aromatic heterocycles. The first-order chi connectivity index (χ1) is 14.8. The molecule has 6 nitrogen and oxygen atoms in total. The predicted octanol–water partition coefficient (Wildman–Crippen LogP) is 4.11. The number of amides is 1. The lowest BCUT2D eigenvalue weighted by atomic mass is 9.91. The number of nitrogens with zero attached hydrogens (tertiary/aromatic N) is 5. The van der Waals surface area contributed by atoms with Gasteiger partial charge in [-0.15, -0.1) is 11.3 Å². The van der Waals surface area contributed by atoms with Crippen molar-refractivity contribution in [3.8, 4) is 0 Å². The zero-order chi connectivity index (χ0) is 22.2. The Hall–Kier alpha value is -1.73. The van der Waals surface area contributed by atoms with Crippen LogP contribution in [0.1, 0.15) is 63.7 Å². The van der Waals surface area contributed by atoms with Crippen LogP contribution in [-0.2, 0) is 24.2 Å². The van der Waals surface area contributed by atoms with Crippen LogP contribution in [0.2, 0.25) is 0 Å². The predicted molar refractivity (Wildman–Crippen MR) is 129 cm³/mol. The van der Waals surface area contributed by atoms with Crippen molar-refractivity contribution < 1.29 is 4.79 Å². The fourth-order valence-electron chi connectivity index (χ4n) is 4.64. The van der Waals surface area contributed by atoms with Gasteiger partial charge in [0, 0.05) is 57.0 Å². The van der Waals surface area contributed by atoms with Crippen LogP contribution < -0.4 is 4.90 Å². The summed E-state index contributed by atoms with van der Waals surface area (Å²) in [5.41, 5.74) is 1.50. The Kier molecular flexibility index (Phi) is 6.54. The van der Waals surface area contributed by atoms with Gasteiger partial charge in [-0.2, -0.15) is 0 Å². The molecule has 0 saturated carbocycles. The maximum Gasteiger partial charge on any atom is 0.223 e. The van der Waals surface area contributed by atoms with Gasteiger partial charge in [-0.05, 0) is 30.4 Å². The molecule has 2 aliphatic heterocycles. The van der Waals surface area contributed by atoms with Gasteiger partial charge in [0.15, 0.2) is 0 Å². The molecular formula is C24H37N5OS. The Bertz CT molecular complexity index is 940. The highest BCUT2D eigenvalue weighted by atomic mass is 32.1. The molecule has 4 heterocycles. The maximum absolute atomic E-state index is 12.7. The molecule has 2 aliphatic rings. The molecule has 1 saturated heterocycles. The van der Waals surface area contributed by atoms with Crippen molar-refractivity contribution in [2.24, 2.45) is 5.41 Å². The second-order valence-electron chi connectivity index (χ2n) is 10.1. The number of rotatable bonds is 5. The average Bonchev–Trinajstić information content (AvgIpc) is 3.09. The number of likely N-dealkylation sites (N-methyl/N-ethyl adjacent to an activating group) is 1. The van der Waals surface area contributed by atoms with Gasteiger partial charge >= 0.3 is 0 Å². The molecule has 0 bridgehead atoms. The third-order valence-electron chi connectivity index (χ3n) is 6.34. The van der Waals surface area contributed by atoms with Crippen LogP contribution in [0.3, 0.4) is 0 Å². The quantitative estimate of drug-likeness (QED) is 0.696. The van der Waals surface area contributed by atoms with Gasteiger partial charge in [0.2, 0.25) is 5.91 Å². The van der Waals surface area contributed by atoms with Gasteiger partial charge < -0.3 is 9.80 Å². The van der Waals surface area contributed by atoms with Crippen LogP contribution in [-0.4, -0.2) is 64.9 Å². The monoisotopic (exact) mass is 443 g/mol. The second kappa shape index (κ2) is 9.02. The van der Waals surface area contributed by atoms with Crippen LogP contribution >= 0.6 is 11.3 Å². The molecule has 0 spiro atoms. The number of carbonyl (C=O) groups excluding carboxylic acids is 1. The number of fused-ring (bicyclic) bond motifs is 3. The number of piperazine rings is 1. The van der Waals surface area contributed by atoms with Gasteiger partial charge in [-0.25, -0.2) is 9.97 Å². The summed E-state index contributed by atoms with van der Waals surface area (Å²) in [5, 5.41) is 1.28. The number of carbonyl (C=O) groups is 1. The summed E-state index contributed by atoms with van der Waals surface area (Å²) in [6.07, 6.45) is 3.65. The van der Waals surface area contributed by atoms with Crippen molar-refractivity contribution in [2.45, 2.75) is 66.8 Å². The highest BCUT2D eigenvalue weighted by Crippen LogP contribution is 2.39. The molecule has 4 rings (SSSR count). The van der Waals surface area contributed by atoms with E-state index in [0.717, 1.165) is 81.5 Å². The fraction of sp³-hybridized carbons (Fsp3) is 0.708. The van der Waals surface area contributed by atoms with E-state index in [2.05, 4.69) is 44.4 Å². The van der Waals surface area contributed by atoms with E-state index >= 15 is 0 Å². The van der Waals surface area contributed by atoms with Crippen LogP contribution in [0.5, 0.6) is 0 Å². The Morgan fingerprint density at radius 3 is 2.45 bits per heavy atom. The number of aromatic nitrogens is 2. The average molecular weight is 444 g/mol. The zero-order valence-electron chi connectivity index (χ0n) is 19.8. The Labute approximate surface area is 190 Å². The molecule has 0 unspecified atom stereocenters. The van der Waals surface area contributed by atoms with Crippen molar-refractivity contribution in [1.82, 2.24) is 19.8 Å². The first kappa shape index (κ1) is 22.5. The van der Waals surface area contributed by atoms with Gasteiger partial charge in [0.25, 0.3) is 0 Å². The van der Waals surface area contributed by atoms with E-state index in [1.54, 1.807) is 0 Å². The normalized spacial score (nSPS) is 18.0. The molecule has 31 heavy (non-hydrogen) atoms. The summed E-state index contributed by atoms with van der Waals surface area (Å²) in [6.45, 7) is 17.3. The van der Waals surface area contributed by atoms with Gasteiger partial charge in [0.05, 0.1) is 5.39 Å². The summed E-state index contributed by atoms with van der Waals surface area (Å²) >= 11 is 1.86. The lowest BCUT2D eigenvalue weighted by Gasteiger charge is -2.37. The maximum atomic E-state index is 12.7. The molecule has 0 aromatic carbocycles. The molecule has 1 amide bonds. The molecule has 0 N–H and O–H groups in total. The Morgan fingerprint density at radius 1 is 1.06 bits per heavy atom. The van der Waals surface area contributed by atoms with E-state index in [0.29, 0.717) is 6.42 Å². The lowest BCUT2D eigenvalue weighted by molar-refractivity contribution is -0.133. The van der Waals surface area contributed by atoms with E-state index in [9.17, 15) is 4.79 Å². The number of hydrogen-bond donors (Lipinski definition) is 0. The molecule has 7 heteroatoms. The molecule has 2 aromatic rings. The topological polar surface area (TPSA) is 52.6 Å². The molecule has 0 atom stereocenters. The Morgan fingerprint density at radius 2 is 1.81 bits per heavy atom. The van der Waals surface area contributed by atoms with E-state index in [1.807, 2.05) is 16.2 Å². The smallest absolute Gasteiger partial charge is 0.223 e. The molecule has 170 valence electrons. The van der Waals surface area contributed by atoms with Crippen molar-refractivity contribution in [1.29, 1.82) is 0 Å². The first-order valence-corrected chi connectivity index (χ1v) is 12.7. The third kappa shape index (κ3) is 4.87. The largest absolute Gasteiger partial charge is 0.352 e. The summed E-state index contributed by atoms with van der Waals surface area (Å²) in [5.74, 6) is 2.35. The summed E-state index contributed by atoms with van der Waals surface area (Å²) in [6, 6.07) is 0. The summed E-state index contributed by atoms with van der Waals surface area (Å²) in [4.78, 5) is 32.3. The fourth-order valence-corrected chi connectivity index (χ4v) is 5.91. The van der Waals surface area contributed by atoms with Crippen LogP contribution in [0.4, 0.5) is 5.82 Å². The highest BCUT2D eigenvalue weighted by Gasteiger charge is 2.29. The minimum absolute atomic E-state index is 0.0319. The number of aryl methyl sites for hydroxylation is 1. The second-order valence-corrected chi connectivity index (χ2v) is 11.2. The van der Waals surface area contributed by atoms with Crippen molar-refractivity contribution >= 4 is 33.3 Å².